The molecule has 3 aromatic heterocycles. The molecule has 5 heterocycles. The summed E-state index contributed by atoms with van der Waals surface area (Å²) in [5.74, 6) is 1.14. The van der Waals surface area contributed by atoms with Crippen LogP contribution in [0, 0.1) is 0 Å². The smallest absolute Gasteiger partial charge is 0.475 e. The molecule has 0 aliphatic carbocycles. The monoisotopic (exact) mass is 1400 g/mol. The average Bonchev–Trinajstić information content (AvgIpc) is 1.60. The van der Waals surface area contributed by atoms with E-state index < -0.39 is 12.1 Å². The van der Waals surface area contributed by atoms with E-state index in [9.17, 15) is 32.3 Å². The summed E-state index contributed by atoms with van der Waals surface area (Å²) in [5, 5.41) is 20.8. The Morgan fingerprint density at radius 2 is 0.590 bits per heavy atom. The molecule has 0 fully saturated rings. The van der Waals surface area contributed by atoms with Gasteiger partial charge in [-0.2, -0.15) is 13.2 Å². The van der Waals surface area contributed by atoms with Gasteiger partial charge in [-0.15, -0.1) is 0 Å². The summed E-state index contributed by atoms with van der Waals surface area (Å²) in [4.78, 5) is 98.1. The average molecular weight is 1410 g/mol. The molecule has 0 saturated carbocycles. The van der Waals surface area contributed by atoms with Crippen LogP contribution in [0.25, 0.3) is 89.7 Å². The van der Waals surface area contributed by atoms with Crippen LogP contribution in [0.2, 0.25) is 0 Å². The van der Waals surface area contributed by atoms with E-state index in [0.29, 0.717) is 199 Å². The maximum Gasteiger partial charge on any atom is 2.00 e. The number of benzene rings is 8. The molecule has 4 amide bonds. The molecule has 500 valence electrons. The first-order valence-corrected chi connectivity index (χ1v) is 30.7. The number of carbonyl (C=O) groups is 5. The summed E-state index contributed by atoms with van der Waals surface area (Å²) in [5.41, 5.74) is 28.2. The van der Waals surface area contributed by atoms with Gasteiger partial charge in [-0.05, 0) is 170 Å². The number of nitrogens with one attached hydrogen (secondary N) is 6. The van der Waals surface area contributed by atoms with Crippen LogP contribution in [-0.4, -0.2) is 133 Å². The molecule has 26 nitrogen and oxygen atoms in total. The van der Waals surface area contributed by atoms with Crippen molar-refractivity contribution in [1.82, 2.24) is 61.1 Å². The first kappa shape index (κ1) is 69.3. The molecule has 8 aromatic carbocycles. The van der Waals surface area contributed by atoms with Crippen LogP contribution >= 0.6 is 0 Å². The van der Waals surface area contributed by atoms with Crippen molar-refractivity contribution in [2.24, 2.45) is 22.9 Å². The van der Waals surface area contributed by atoms with Crippen molar-refractivity contribution < 1.29 is 80.7 Å². The molecule has 2 aliphatic heterocycles. The topological polar surface area (TPSA) is 404 Å². The predicted octanol–water partition coefficient (Wildman–Crippen LogP) is 9.42. The van der Waals surface area contributed by atoms with Crippen LogP contribution in [0.5, 0.6) is 46.0 Å². The number of fused-ring (bicyclic) bond motifs is 20. The Labute approximate surface area is 577 Å². The van der Waals surface area contributed by atoms with Gasteiger partial charge in [-0.3, -0.25) is 19.2 Å². The van der Waals surface area contributed by atoms with Gasteiger partial charge in [0, 0.05) is 118 Å². The molecule has 13 rings (SSSR count). The fourth-order valence-corrected chi connectivity index (χ4v) is 10.4. The standard InChI is InChI=1S/C68H58N16O8.C2HF3O2.Zn/c69-25-29-73-65(85)37-1-9-41(10-2-37)89-45-17-21-49-53(33-45)61-77-57(49)82-62-55-35-47(91-43-13-5-39(6-14-43)67(87)75-31-27-71)19-23-51(55)59(79-62)84-64-56-36-48(92-44-15-7-40(8-16-44)68(88)76-32-28-72)20-24-52(56)60(80-64)83-63-54-34-46(18-22-50(54)58(78-63)81-61)90-42-11-3-38(4-12-42)66(86)74-30-26-70;3-2(4,5)1(6)7;/h1-24,33-36H,25-32,69-72H2,(H,73,85)(H,74,86)(H,75,87)(H,76,88)(H2,77,78,79,80,81,82,83,84);(H,6,7);/q;;+2. The number of H-pyrrole nitrogens is 2. The molecular formula is C70H59F3N16O10Zn+2. The number of aromatic nitrogens is 8. The Hall–Kier alpha value is -12.1. The summed E-state index contributed by atoms with van der Waals surface area (Å²) in [6.45, 7) is 2.60. The number of halogens is 3. The summed E-state index contributed by atoms with van der Waals surface area (Å²) in [6, 6.07) is 49.1. The molecule has 100 heavy (non-hydrogen) atoms. The predicted molar refractivity (Wildman–Crippen MR) is 361 cm³/mol. The number of hydrogen-bond donors (Lipinski definition) is 11. The number of hydrogen-bond acceptors (Lipinski definition) is 19. The van der Waals surface area contributed by atoms with E-state index in [1.54, 1.807) is 109 Å². The summed E-state index contributed by atoms with van der Waals surface area (Å²) < 4.78 is 57.4. The Morgan fingerprint density at radius 3 is 0.860 bits per heavy atom. The molecule has 11 aromatic rings. The third kappa shape index (κ3) is 15.8. The zero-order chi connectivity index (χ0) is 69.3. The third-order valence-corrected chi connectivity index (χ3v) is 15.1. The Morgan fingerprint density at radius 1 is 0.350 bits per heavy atom. The molecule has 8 bridgehead atoms. The minimum Gasteiger partial charge on any atom is -0.475 e. The van der Waals surface area contributed by atoms with Crippen molar-refractivity contribution >= 4 is 73.7 Å². The molecule has 0 unspecified atom stereocenters. The molecule has 0 spiro atoms. The normalized spacial score (nSPS) is 11.2. The number of alkyl halides is 3. The van der Waals surface area contributed by atoms with E-state index in [1.807, 2.05) is 60.7 Å². The molecule has 0 saturated heterocycles. The molecule has 15 N–H and O–H groups in total. The fraction of sp³-hybridized carbons (Fsp3) is 0.129. The van der Waals surface area contributed by atoms with Gasteiger partial charge in [0.2, 0.25) is 0 Å². The van der Waals surface area contributed by atoms with Crippen LogP contribution in [-0.2, 0) is 24.3 Å². The van der Waals surface area contributed by atoms with E-state index in [1.165, 1.54) is 0 Å². The maximum absolute atomic E-state index is 12.7. The van der Waals surface area contributed by atoms with Crippen molar-refractivity contribution in [3.8, 4) is 91.5 Å². The Kier molecular flexibility index (Phi) is 21.2. The van der Waals surface area contributed by atoms with E-state index in [2.05, 4.69) is 31.2 Å². The SMILES string of the molecule is NCCNC(=O)c1ccc(Oc2ccc3c(c2)-c2nc-3nc3[nH]c(nc4nc(nc5[nH]c(n2)c2ccc(Oc6ccc(C(=O)NCCN)cc6)cc52)-c2ccc(Oc5ccc(C(=O)NCCN)cc5)cc2-4)c2ccc(Oc4ccc(C(=O)NCCN)cc4)cc32)cc1.O=C(O)C(F)(F)F.[Zn+2]. The van der Waals surface area contributed by atoms with Crippen molar-refractivity contribution in [3.05, 3.63) is 192 Å². The molecule has 0 atom stereocenters. The summed E-state index contributed by atoms with van der Waals surface area (Å²) >= 11 is 0. The van der Waals surface area contributed by atoms with Crippen molar-refractivity contribution in [2.75, 3.05) is 52.4 Å². The number of aliphatic carboxylic acids is 1. The van der Waals surface area contributed by atoms with Gasteiger partial charge in [0.15, 0.2) is 23.3 Å². The van der Waals surface area contributed by atoms with Crippen molar-refractivity contribution in [3.63, 3.8) is 0 Å². The van der Waals surface area contributed by atoms with Crippen LogP contribution in [0.15, 0.2) is 170 Å². The third-order valence-electron chi connectivity index (χ3n) is 15.1. The van der Waals surface area contributed by atoms with Gasteiger partial charge in [0.1, 0.15) is 68.6 Å². The van der Waals surface area contributed by atoms with E-state index in [4.69, 9.17) is 81.7 Å². The Balaban J connectivity index is 0.00000120. The van der Waals surface area contributed by atoms with Crippen LogP contribution in [0.1, 0.15) is 41.4 Å². The number of nitrogens with zero attached hydrogens (tertiary/aromatic N) is 6. The number of amides is 4. The summed E-state index contributed by atoms with van der Waals surface area (Å²) in [7, 11) is 0. The Bertz CT molecular complexity index is 4800. The number of carboxylic acid groups (broad SMARTS) is 1. The first-order chi connectivity index (χ1) is 47.9. The van der Waals surface area contributed by atoms with Gasteiger partial charge in [-0.1, -0.05) is 0 Å². The van der Waals surface area contributed by atoms with Crippen molar-refractivity contribution in [1.29, 1.82) is 0 Å². The maximum atomic E-state index is 12.7. The van der Waals surface area contributed by atoms with Gasteiger partial charge in [-0.25, -0.2) is 34.7 Å². The number of nitrogens with two attached hydrogens (primary N) is 4. The second-order valence-electron chi connectivity index (χ2n) is 21.9. The van der Waals surface area contributed by atoms with Gasteiger partial charge in [0.25, 0.3) is 23.6 Å². The number of aromatic amines is 2. The van der Waals surface area contributed by atoms with Gasteiger partial charge >= 0.3 is 31.6 Å². The van der Waals surface area contributed by atoms with Crippen LogP contribution < -0.4 is 63.1 Å². The quantitative estimate of drug-likeness (QED) is 0.0316. The number of rotatable bonds is 20. The van der Waals surface area contributed by atoms with Gasteiger partial charge in [0.05, 0.1) is 0 Å². The first-order valence-electron chi connectivity index (χ1n) is 30.7. The van der Waals surface area contributed by atoms with E-state index in [0.717, 1.165) is 0 Å². The minimum atomic E-state index is -5.08. The number of carbonyl (C=O) groups excluding carboxylic acids is 4. The zero-order valence-electron chi connectivity index (χ0n) is 52.8. The molecule has 0 radical (unpaired) electrons. The van der Waals surface area contributed by atoms with Gasteiger partial charge < -0.3 is 78.2 Å². The molecule has 30 heteroatoms. The molecular weight excluding hydrogens is 1350 g/mol. The van der Waals surface area contributed by atoms with Crippen LogP contribution in [0.3, 0.4) is 0 Å². The van der Waals surface area contributed by atoms with Crippen LogP contribution in [0.4, 0.5) is 13.2 Å². The second-order valence-corrected chi connectivity index (χ2v) is 21.9. The molecule has 2 aliphatic rings. The number of ether oxygens (including phenoxy) is 4. The minimum absolute atomic E-state index is 0. The number of carboxylic acids is 1. The largest absolute Gasteiger partial charge is 2.00 e. The van der Waals surface area contributed by atoms with E-state index >= 15 is 0 Å². The summed E-state index contributed by atoms with van der Waals surface area (Å²) in [6.07, 6.45) is -5.08. The zero-order valence-corrected chi connectivity index (χ0v) is 55.7. The second kappa shape index (κ2) is 30.6. The van der Waals surface area contributed by atoms with Crippen molar-refractivity contribution in [2.45, 2.75) is 6.18 Å². The van der Waals surface area contributed by atoms with E-state index in [-0.39, 0.29) is 54.8 Å². The fourth-order valence-electron chi connectivity index (χ4n) is 10.4.